The van der Waals surface area contributed by atoms with Crippen LogP contribution in [0.15, 0.2) is 42.5 Å². The zero-order valence-corrected chi connectivity index (χ0v) is 16.6. The van der Waals surface area contributed by atoms with Gasteiger partial charge in [0.05, 0.1) is 19.9 Å². The summed E-state index contributed by atoms with van der Waals surface area (Å²) in [6, 6.07) is 9.31. The molecule has 1 atom stereocenters. The van der Waals surface area contributed by atoms with Gasteiger partial charge in [0, 0.05) is 16.1 Å². The Balaban J connectivity index is 1.86. The second-order valence-electron chi connectivity index (χ2n) is 6.22. The van der Waals surface area contributed by atoms with E-state index in [0.717, 1.165) is 5.56 Å². The molecule has 3 aromatic rings. The van der Waals surface area contributed by atoms with E-state index >= 15 is 0 Å². The molecule has 8 nitrogen and oxygen atoms in total. The van der Waals surface area contributed by atoms with E-state index in [1.165, 1.54) is 6.07 Å². The van der Waals surface area contributed by atoms with Crippen LogP contribution >= 0.6 is 11.6 Å². The summed E-state index contributed by atoms with van der Waals surface area (Å²) < 4.78 is 42.9. The van der Waals surface area contributed by atoms with Crippen LogP contribution in [0.3, 0.4) is 0 Å². The van der Waals surface area contributed by atoms with Crippen LogP contribution < -0.4 is 19.5 Å². The van der Waals surface area contributed by atoms with Crippen LogP contribution in [0.5, 0.6) is 17.2 Å². The highest BCUT2D eigenvalue weighted by molar-refractivity contribution is 6.30. The van der Waals surface area contributed by atoms with Crippen molar-refractivity contribution in [2.75, 3.05) is 19.5 Å². The summed E-state index contributed by atoms with van der Waals surface area (Å²) in [5.41, 5.74) is 1.56. The zero-order chi connectivity index (χ0) is 21.3. The van der Waals surface area contributed by atoms with Gasteiger partial charge in [-0.1, -0.05) is 16.7 Å². The third kappa shape index (κ3) is 3.73. The number of halogens is 3. The van der Waals surface area contributed by atoms with Crippen molar-refractivity contribution in [2.45, 2.75) is 12.7 Å². The number of nitrogens with one attached hydrogen (secondary N) is 1. The largest absolute Gasteiger partial charge is 0.497 e. The van der Waals surface area contributed by atoms with E-state index in [9.17, 15) is 8.78 Å². The molecule has 0 aliphatic carbocycles. The maximum Gasteiger partial charge on any atom is 0.387 e. The summed E-state index contributed by atoms with van der Waals surface area (Å²) in [4.78, 5) is 0. The van der Waals surface area contributed by atoms with Crippen molar-refractivity contribution in [3.05, 3.63) is 58.6 Å². The fourth-order valence-corrected chi connectivity index (χ4v) is 3.38. The third-order valence-corrected chi connectivity index (χ3v) is 4.77. The Bertz CT molecular complexity index is 1110. The summed E-state index contributed by atoms with van der Waals surface area (Å²) in [6.45, 7) is -3.01. The SMILES string of the molecule is COc1ccc(OC)c([C@H]2C=C(c3ccc(Cl)cc3OC(F)F)Nc3nnnn32)c1. The normalized spacial score (nSPS) is 15.3. The topological polar surface area (TPSA) is 83.3 Å². The first-order valence-corrected chi connectivity index (χ1v) is 9.11. The Hall–Kier alpha value is -3.40. The number of tetrazole rings is 1. The van der Waals surface area contributed by atoms with E-state index in [0.29, 0.717) is 28.7 Å². The minimum atomic E-state index is -3.01. The highest BCUT2D eigenvalue weighted by Gasteiger charge is 2.28. The Morgan fingerprint density at radius 2 is 1.93 bits per heavy atom. The maximum atomic E-state index is 12.9. The number of alkyl halides is 2. The average Bonchev–Trinajstić information content (AvgIpc) is 3.21. The molecule has 1 N–H and O–H groups in total. The third-order valence-electron chi connectivity index (χ3n) is 4.53. The molecule has 11 heteroatoms. The van der Waals surface area contributed by atoms with Gasteiger partial charge < -0.3 is 19.5 Å². The lowest BCUT2D eigenvalue weighted by atomic mass is 10.00. The minimum absolute atomic E-state index is 0.0754. The Morgan fingerprint density at radius 1 is 1.10 bits per heavy atom. The van der Waals surface area contributed by atoms with E-state index in [4.69, 9.17) is 21.1 Å². The number of fused-ring (bicyclic) bond motifs is 1. The van der Waals surface area contributed by atoms with Gasteiger partial charge in [-0.15, -0.1) is 0 Å². The highest BCUT2D eigenvalue weighted by Crippen LogP contribution is 2.39. The lowest BCUT2D eigenvalue weighted by Crippen LogP contribution is -2.21. The van der Waals surface area contributed by atoms with E-state index in [1.54, 1.807) is 55.3 Å². The molecule has 30 heavy (non-hydrogen) atoms. The molecule has 0 bridgehead atoms. The van der Waals surface area contributed by atoms with Crippen molar-refractivity contribution in [1.29, 1.82) is 0 Å². The fourth-order valence-electron chi connectivity index (χ4n) is 3.22. The van der Waals surface area contributed by atoms with Gasteiger partial charge in [0.2, 0.25) is 5.95 Å². The lowest BCUT2D eigenvalue weighted by Gasteiger charge is -2.25. The van der Waals surface area contributed by atoms with E-state index in [2.05, 4.69) is 25.6 Å². The molecule has 0 fully saturated rings. The molecule has 1 aromatic heterocycles. The number of hydrogen-bond acceptors (Lipinski definition) is 7. The number of rotatable bonds is 6. The van der Waals surface area contributed by atoms with E-state index < -0.39 is 12.7 Å². The fraction of sp³-hybridized carbons (Fsp3) is 0.211. The number of hydrogen-bond donors (Lipinski definition) is 1. The Morgan fingerprint density at radius 3 is 2.67 bits per heavy atom. The van der Waals surface area contributed by atoms with Gasteiger partial charge in [-0.25, -0.2) is 0 Å². The summed E-state index contributed by atoms with van der Waals surface area (Å²) in [5.74, 6) is 1.44. The van der Waals surface area contributed by atoms with Crippen LogP contribution in [0.1, 0.15) is 17.2 Å². The number of allylic oxidation sites excluding steroid dienone is 1. The minimum Gasteiger partial charge on any atom is -0.497 e. The maximum absolute atomic E-state index is 12.9. The Kier molecular flexibility index (Phi) is 5.40. The number of benzene rings is 2. The monoisotopic (exact) mass is 435 g/mol. The van der Waals surface area contributed by atoms with Crippen molar-refractivity contribution in [1.82, 2.24) is 20.2 Å². The number of nitrogens with zero attached hydrogens (tertiary/aromatic N) is 4. The number of methoxy groups -OCH3 is 2. The van der Waals surface area contributed by atoms with Gasteiger partial charge in [-0.05, 0) is 52.9 Å². The molecule has 4 rings (SSSR count). The van der Waals surface area contributed by atoms with Crippen molar-refractivity contribution in [3.8, 4) is 17.2 Å². The number of anilines is 1. The van der Waals surface area contributed by atoms with Crippen LogP contribution in [0.25, 0.3) is 5.70 Å². The van der Waals surface area contributed by atoms with Crippen molar-refractivity contribution in [3.63, 3.8) is 0 Å². The molecule has 0 saturated heterocycles. The van der Waals surface area contributed by atoms with E-state index in [-0.39, 0.29) is 10.8 Å². The number of ether oxygens (including phenoxy) is 3. The standard InChI is InChI=1S/C19H16ClF2N5O3/c1-28-11-4-6-16(29-2)13(8-11)15-9-14(23-19-24-25-26-27(15)19)12-5-3-10(20)7-17(12)30-18(21)22/h3-9,15,18H,1-2H3,(H,23,24,26)/t15-/m1/s1. The van der Waals surface area contributed by atoms with Gasteiger partial charge in [0.25, 0.3) is 0 Å². The summed E-state index contributed by atoms with van der Waals surface area (Å²) in [7, 11) is 3.10. The molecule has 1 aliphatic rings. The Labute approximate surface area is 175 Å². The molecule has 0 radical (unpaired) electrons. The van der Waals surface area contributed by atoms with Crippen LogP contribution in [-0.2, 0) is 0 Å². The molecule has 1 aliphatic heterocycles. The van der Waals surface area contributed by atoms with Gasteiger partial charge in [-0.3, -0.25) is 0 Å². The lowest BCUT2D eigenvalue weighted by molar-refractivity contribution is -0.0500. The first-order valence-electron chi connectivity index (χ1n) is 8.73. The van der Waals surface area contributed by atoms with Crippen molar-refractivity contribution in [2.24, 2.45) is 0 Å². The van der Waals surface area contributed by atoms with Gasteiger partial charge >= 0.3 is 6.61 Å². The van der Waals surface area contributed by atoms with Crippen LogP contribution in [0, 0.1) is 0 Å². The van der Waals surface area contributed by atoms with Crippen LogP contribution in [-0.4, -0.2) is 41.0 Å². The molecular formula is C19H16ClF2N5O3. The highest BCUT2D eigenvalue weighted by atomic mass is 35.5. The summed E-state index contributed by atoms with van der Waals surface area (Å²) >= 11 is 5.97. The van der Waals surface area contributed by atoms with Crippen LogP contribution in [0.4, 0.5) is 14.7 Å². The second-order valence-corrected chi connectivity index (χ2v) is 6.66. The van der Waals surface area contributed by atoms with Gasteiger partial charge in [0.1, 0.15) is 23.3 Å². The van der Waals surface area contributed by atoms with Crippen molar-refractivity contribution < 1.29 is 23.0 Å². The smallest absolute Gasteiger partial charge is 0.387 e. The van der Waals surface area contributed by atoms with Gasteiger partial charge in [0.15, 0.2) is 0 Å². The average molecular weight is 436 g/mol. The zero-order valence-electron chi connectivity index (χ0n) is 15.8. The van der Waals surface area contributed by atoms with E-state index in [1.807, 2.05) is 0 Å². The molecule has 2 heterocycles. The summed E-state index contributed by atoms with van der Waals surface area (Å²) in [5, 5.41) is 15.0. The second kappa shape index (κ2) is 8.15. The predicted octanol–water partition coefficient (Wildman–Crippen LogP) is 4.00. The molecule has 2 aromatic carbocycles. The molecule has 0 unspecified atom stereocenters. The first-order chi connectivity index (χ1) is 14.5. The quantitative estimate of drug-likeness (QED) is 0.626. The number of aromatic nitrogens is 4. The summed E-state index contributed by atoms with van der Waals surface area (Å²) in [6.07, 6.45) is 1.78. The van der Waals surface area contributed by atoms with Crippen molar-refractivity contribution >= 4 is 23.2 Å². The van der Waals surface area contributed by atoms with Gasteiger partial charge in [-0.2, -0.15) is 13.5 Å². The first kappa shape index (κ1) is 19.9. The molecule has 0 saturated carbocycles. The molecule has 0 spiro atoms. The molecule has 156 valence electrons. The molecule has 0 amide bonds. The van der Waals surface area contributed by atoms with Crippen LogP contribution in [0.2, 0.25) is 5.02 Å². The molecular weight excluding hydrogens is 420 g/mol. The predicted molar refractivity (Wildman–Crippen MR) is 105 cm³/mol.